The van der Waals surface area contributed by atoms with Gasteiger partial charge >= 0.3 is 6.18 Å². The molecule has 0 aliphatic heterocycles. The quantitative estimate of drug-likeness (QED) is 0.849. The van der Waals surface area contributed by atoms with Gasteiger partial charge in [-0.25, -0.2) is 0 Å². The van der Waals surface area contributed by atoms with Gasteiger partial charge in [0.1, 0.15) is 6.42 Å². The minimum absolute atomic E-state index is 0.0578. The van der Waals surface area contributed by atoms with Crippen molar-refractivity contribution in [1.82, 2.24) is 5.32 Å². The molecule has 0 saturated heterocycles. The lowest BCUT2D eigenvalue weighted by molar-refractivity contribution is -0.153. The molecule has 1 aromatic carbocycles. The molecule has 3 N–H and O–H groups in total. The minimum atomic E-state index is -4.47. The number of hydrogen-bond donors (Lipinski definition) is 2. The molecule has 0 bridgehead atoms. The first-order valence-electron chi connectivity index (χ1n) is 5.02. The molecule has 1 rings (SSSR count). The average Bonchev–Trinajstić information content (AvgIpc) is 2.24. The van der Waals surface area contributed by atoms with Crippen molar-refractivity contribution in [2.75, 3.05) is 0 Å². The predicted molar refractivity (Wildman–Crippen MR) is 56.9 cm³/mol. The van der Waals surface area contributed by atoms with Crippen LogP contribution in [-0.2, 0) is 17.9 Å². The second kappa shape index (κ2) is 5.67. The number of alkyl halides is 3. The third-order valence-corrected chi connectivity index (χ3v) is 2.18. The van der Waals surface area contributed by atoms with E-state index in [9.17, 15) is 18.0 Å². The van der Waals surface area contributed by atoms with E-state index in [-0.39, 0.29) is 13.1 Å². The zero-order valence-electron chi connectivity index (χ0n) is 9.05. The fraction of sp³-hybridized carbons (Fsp3) is 0.364. The molecule has 1 amide bonds. The SMILES string of the molecule is NCc1ccccc1CNC(=O)CC(F)(F)F. The Balaban J connectivity index is 2.53. The Labute approximate surface area is 96.8 Å². The molecular weight excluding hydrogens is 233 g/mol. The van der Waals surface area contributed by atoms with Crippen LogP contribution < -0.4 is 11.1 Å². The molecule has 3 nitrogen and oxygen atoms in total. The van der Waals surface area contributed by atoms with Crippen LogP contribution in [0.5, 0.6) is 0 Å². The summed E-state index contributed by atoms with van der Waals surface area (Å²) >= 11 is 0. The van der Waals surface area contributed by atoms with Gasteiger partial charge in [0.05, 0.1) is 0 Å². The molecule has 0 heterocycles. The third-order valence-electron chi connectivity index (χ3n) is 2.18. The lowest BCUT2D eigenvalue weighted by Gasteiger charge is -2.10. The van der Waals surface area contributed by atoms with E-state index in [0.717, 1.165) is 11.1 Å². The molecule has 0 radical (unpaired) electrons. The first-order valence-corrected chi connectivity index (χ1v) is 5.02. The number of halogens is 3. The van der Waals surface area contributed by atoms with Crippen molar-refractivity contribution in [3.05, 3.63) is 35.4 Å². The van der Waals surface area contributed by atoms with Crippen molar-refractivity contribution >= 4 is 5.91 Å². The van der Waals surface area contributed by atoms with E-state index in [1.807, 2.05) is 0 Å². The molecule has 17 heavy (non-hydrogen) atoms. The topological polar surface area (TPSA) is 55.1 Å². The number of rotatable bonds is 4. The molecule has 0 saturated carbocycles. The number of carbonyl (C=O) groups is 1. The second-order valence-electron chi connectivity index (χ2n) is 3.54. The first-order chi connectivity index (χ1) is 7.92. The van der Waals surface area contributed by atoms with Gasteiger partial charge in [0, 0.05) is 13.1 Å². The monoisotopic (exact) mass is 246 g/mol. The maximum Gasteiger partial charge on any atom is 0.397 e. The molecular formula is C11H13F3N2O. The minimum Gasteiger partial charge on any atom is -0.352 e. The summed E-state index contributed by atoms with van der Waals surface area (Å²) in [4.78, 5) is 11.0. The van der Waals surface area contributed by atoms with Gasteiger partial charge in [0.25, 0.3) is 0 Å². The van der Waals surface area contributed by atoms with Crippen molar-refractivity contribution in [1.29, 1.82) is 0 Å². The van der Waals surface area contributed by atoms with Crippen molar-refractivity contribution in [3.63, 3.8) is 0 Å². The van der Waals surface area contributed by atoms with E-state index in [0.29, 0.717) is 0 Å². The summed E-state index contributed by atoms with van der Waals surface area (Å²) in [7, 11) is 0. The zero-order chi connectivity index (χ0) is 12.9. The molecule has 0 aliphatic carbocycles. The lowest BCUT2D eigenvalue weighted by atomic mass is 10.1. The van der Waals surface area contributed by atoms with Crippen LogP contribution in [0.25, 0.3) is 0 Å². The molecule has 0 aromatic heterocycles. The normalized spacial score (nSPS) is 11.3. The standard InChI is InChI=1S/C11H13F3N2O/c12-11(13,14)5-10(17)16-7-9-4-2-1-3-8(9)6-15/h1-4H,5-7,15H2,(H,16,17). The summed E-state index contributed by atoms with van der Waals surface area (Å²) in [6.07, 6.45) is -5.94. The highest BCUT2D eigenvalue weighted by atomic mass is 19.4. The molecule has 6 heteroatoms. The van der Waals surface area contributed by atoms with Crippen LogP contribution in [0.15, 0.2) is 24.3 Å². The van der Waals surface area contributed by atoms with E-state index < -0.39 is 18.5 Å². The van der Waals surface area contributed by atoms with E-state index in [2.05, 4.69) is 5.32 Å². The highest BCUT2D eigenvalue weighted by Gasteiger charge is 2.30. The van der Waals surface area contributed by atoms with Crippen LogP contribution in [-0.4, -0.2) is 12.1 Å². The number of carbonyl (C=O) groups excluding carboxylic acids is 1. The summed E-state index contributed by atoms with van der Waals surface area (Å²) in [5.74, 6) is -1.04. The summed E-state index contributed by atoms with van der Waals surface area (Å²) in [5.41, 5.74) is 7.00. The Morgan fingerprint density at radius 3 is 2.35 bits per heavy atom. The summed E-state index contributed by atoms with van der Waals surface area (Å²) in [5, 5.41) is 2.22. The van der Waals surface area contributed by atoms with Gasteiger partial charge in [-0.15, -0.1) is 0 Å². The molecule has 0 fully saturated rings. The molecule has 1 aromatic rings. The van der Waals surface area contributed by atoms with Crippen molar-refractivity contribution < 1.29 is 18.0 Å². The van der Waals surface area contributed by atoms with Gasteiger partial charge in [0.15, 0.2) is 0 Å². The number of nitrogens with one attached hydrogen (secondary N) is 1. The predicted octanol–water partition coefficient (Wildman–Crippen LogP) is 1.71. The Kier molecular flexibility index (Phi) is 4.51. The Hall–Kier alpha value is -1.56. The van der Waals surface area contributed by atoms with Gasteiger partial charge in [0.2, 0.25) is 5.91 Å². The van der Waals surface area contributed by atoms with Gasteiger partial charge in [-0.1, -0.05) is 24.3 Å². The second-order valence-corrected chi connectivity index (χ2v) is 3.54. The van der Waals surface area contributed by atoms with Crippen molar-refractivity contribution in [3.8, 4) is 0 Å². The fourth-order valence-electron chi connectivity index (χ4n) is 1.37. The highest BCUT2D eigenvalue weighted by molar-refractivity contribution is 5.76. The first kappa shape index (κ1) is 13.5. The van der Waals surface area contributed by atoms with Gasteiger partial charge < -0.3 is 11.1 Å². The zero-order valence-corrected chi connectivity index (χ0v) is 9.05. The van der Waals surface area contributed by atoms with Gasteiger partial charge in [-0.3, -0.25) is 4.79 Å². The molecule has 0 atom stereocenters. The van der Waals surface area contributed by atoms with Crippen LogP contribution in [0, 0.1) is 0 Å². The third kappa shape index (κ3) is 4.86. The van der Waals surface area contributed by atoms with Gasteiger partial charge in [-0.2, -0.15) is 13.2 Å². The number of nitrogens with two attached hydrogens (primary N) is 1. The number of hydrogen-bond acceptors (Lipinski definition) is 2. The number of benzene rings is 1. The summed E-state index contributed by atoms with van der Waals surface area (Å²) in [6.45, 7) is 0.341. The Morgan fingerprint density at radius 1 is 1.24 bits per heavy atom. The Morgan fingerprint density at radius 2 is 1.82 bits per heavy atom. The van der Waals surface area contributed by atoms with E-state index in [4.69, 9.17) is 5.73 Å². The molecule has 0 aliphatic rings. The molecule has 0 spiro atoms. The van der Waals surface area contributed by atoms with Crippen LogP contribution >= 0.6 is 0 Å². The van der Waals surface area contributed by atoms with Crippen LogP contribution in [0.4, 0.5) is 13.2 Å². The van der Waals surface area contributed by atoms with Gasteiger partial charge in [-0.05, 0) is 11.1 Å². The van der Waals surface area contributed by atoms with Crippen LogP contribution in [0.3, 0.4) is 0 Å². The van der Waals surface area contributed by atoms with E-state index in [1.165, 1.54) is 0 Å². The summed E-state index contributed by atoms with van der Waals surface area (Å²) < 4.78 is 35.7. The van der Waals surface area contributed by atoms with Crippen LogP contribution in [0.1, 0.15) is 17.5 Å². The number of amides is 1. The molecule has 0 unspecified atom stereocenters. The highest BCUT2D eigenvalue weighted by Crippen LogP contribution is 2.19. The Bertz CT molecular complexity index is 391. The van der Waals surface area contributed by atoms with Crippen molar-refractivity contribution in [2.45, 2.75) is 25.7 Å². The van der Waals surface area contributed by atoms with E-state index >= 15 is 0 Å². The van der Waals surface area contributed by atoms with Crippen LogP contribution in [0.2, 0.25) is 0 Å². The molecule has 94 valence electrons. The lowest BCUT2D eigenvalue weighted by Crippen LogP contribution is -2.28. The maximum atomic E-state index is 11.9. The fourth-order valence-corrected chi connectivity index (χ4v) is 1.37. The van der Waals surface area contributed by atoms with Crippen molar-refractivity contribution in [2.24, 2.45) is 5.73 Å². The maximum absolute atomic E-state index is 11.9. The van der Waals surface area contributed by atoms with E-state index in [1.54, 1.807) is 24.3 Å². The average molecular weight is 246 g/mol. The summed E-state index contributed by atoms with van der Waals surface area (Å²) in [6, 6.07) is 7.01. The smallest absolute Gasteiger partial charge is 0.352 e. The largest absolute Gasteiger partial charge is 0.397 e.